The Morgan fingerprint density at radius 3 is 2.50 bits per heavy atom. The molecule has 34 heavy (non-hydrogen) atoms. The van der Waals surface area contributed by atoms with E-state index in [1.807, 2.05) is 41.7 Å². The van der Waals surface area contributed by atoms with E-state index in [0.29, 0.717) is 16.9 Å². The summed E-state index contributed by atoms with van der Waals surface area (Å²) in [5.41, 5.74) is 2.74. The molecule has 0 unspecified atom stereocenters. The van der Waals surface area contributed by atoms with Crippen molar-refractivity contribution >= 4 is 28.5 Å². The Hall–Kier alpha value is -4.20. The molecule has 0 radical (unpaired) electrons. The number of carbonyl (C=O) groups is 1. The number of nitrogens with zero attached hydrogens (tertiary/aromatic N) is 2. The summed E-state index contributed by atoms with van der Waals surface area (Å²) < 4.78 is 43.6. The summed E-state index contributed by atoms with van der Waals surface area (Å²) in [6.07, 6.45) is 0.0689. The van der Waals surface area contributed by atoms with E-state index in [0.717, 1.165) is 16.6 Å². The van der Waals surface area contributed by atoms with Gasteiger partial charge in [-0.05, 0) is 47.5 Å². The van der Waals surface area contributed by atoms with Crippen LogP contribution in [-0.2, 0) is 11.4 Å². The molecule has 0 saturated heterocycles. The molecule has 5 nitrogen and oxygen atoms in total. The maximum Gasteiger partial charge on any atom is 0.405 e. The molecule has 0 spiro atoms. The van der Waals surface area contributed by atoms with Gasteiger partial charge in [-0.15, -0.1) is 0 Å². The number of fused-ring (bicyclic) bond motifs is 1. The summed E-state index contributed by atoms with van der Waals surface area (Å²) >= 11 is 0. The summed E-state index contributed by atoms with van der Waals surface area (Å²) in [7, 11) is 0. The predicted octanol–water partition coefficient (Wildman–Crippen LogP) is 5.43. The third-order valence-corrected chi connectivity index (χ3v) is 4.90. The van der Waals surface area contributed by atoms with Crippen LogP contribution in [0.2, 0.25) is 0 Å². The second-order valence-electron chi connectivity index (χ2n) is 7.45. The highest BCUT2D eigenvalue weighted by atomic mass is 19.4. The highest BCUT2D eigenvalue weighted by molar-refractivity contribution is 6.24. The van der Waals surface area contributed by atoms with Gasteiger partial charge in [0.2, 0.25) is 0 Å². The van der Waals surface area contributed by atoms with Crippen molar-refractivity contribution in [1.82, 2.24) is 15.3 Å². The largest absolute Gasteiger partial charge is 0.487 e. The lowest BCUT2D eigenvalue weighted by Crippen LogP contribution is -2.34. The Labute approximate surface area is 193 Å². The molecule has 172 valence electrons. The number of rotatable bonds is 7. The monoisotopic (exact) mass is 463 g/mol. The lowest BCUT2D eigenvalue weighted by molar-refractivity contribution is -0.135. The molecule has 0 bridgehead atoms. The van der Waals surface area contributed by atoms with Gasteiger partial charge in [-0.2, -0.15) is 13.2 Å². The van der Waals surface area contributed by atoms with Crippen molar-refractivity contribution in [2.45, 2.75) is 12.8 Å². The second-order valence-corrected chi connectivity index (χ2v) is 7.45. The summed E-state index contributed by atoms with van der Waals surface area (Å²) in [4.78, 5) is 21.1. The van der Waals surface area contributed by atoms with Gasteiger partial charge in [0, 0.05) is 23.4 Å². The minimum atomic E-state index is -4.51. The number of nitrogens with one attached hydrogen (secondary N) is 1. The molecule has 4 aromatic rings. The van der Waals surface area contributed by atoms with Gasteiger partial charge in [-0.3, -0.25) is 9.78 Å². The molecule has 0 aliphatic heterocycles. The number of amides is 1. The van der Waals surface area contributed by atoms with Crippen LogP contribution in [0.25, 0.3) is 22.6 Å². The first-order chi connectivity index (χ1) is 16.4. The molecule has 8 heteroatoms. The normalized spacial score (nSPS) is 11.9. The van der Waals surface area contributed by atoms with Gasteiger partial charge in [0.05, 0.1) is 11.2 Å². The summed E-state index contributed by atoms with van der Waals surface area (Å²) in [6, 6.07) is 21.6. The van der Waals surface area contributed by atoms with E-state index in [9.17, 15) is 18.0 Å². The molecular weight excluding hydrogens is 443 g/mol. The molecule has 0 fully saturated rings. The Bertz CT molecular complexity index is 1300. The van der Waals surface area contributed by atoms with E-state index in [4.69, 9.17) is 4.74 Å². The molecule has 0 atom stereocenters. The van der Waals surface area contributed by atoms with E-state index in [-0.39, 0.29) is 12.2 Å². The highest BCUT2D eigenvalue weighted by Gasteiger charge is 2.28. The molecule has 2 aromatic heterocycles. The average molecular weight is 463 g/mol. The Morgan fingerprint density at radius 1 is 0.971 bits per heavy atom. The van der Waals surface area contributed by atoms with Gasteiger partial charge >= 0.3 is 6.18 Å². The van der Waals surface area contributed by atoms with E-state index in [2.05, 4.69) is 9.97 Å². The van der Waals surface area contributed by atoms with E-state index >= 15 is 0 Å². The number of carbonyl (C=O) groups excluding carboxylic acids is 1. The van der Waals surface area contributed by atoms with Crippen LogP contribution in [-0.4, -0.2) is 28.6 Å². The van der Waals surface area contributed by atoms with Crippen LogP contribution in [0.15, 0.2) is 85.2 Å². The van der Waals surface area contributed by atoms with Crippen molar-refractivity contribution in [2.24, 2.45) is 0 Å². The molecular formula is C26H20F3N3O2. The number of pyridine rings is 2. The van der Waals surface area contributed by atoms with Crippen LogP contribution in [0.4, 0.5) is 13.2 Å². The number of hydrogen-bond acceptors (Lipinski definition) is 4. The van der Waals surface area contributed by atoms with Gasteiger partial charge in [-0.1, -0.05) is 42.5 Å². The van der Waals surface area contributed by atoms with Crippen molar-refractivity contribution in [3.05, 3.63) is 102 Å². The Morgan fingerprint density at radius 2 is 1.76 bits per heavy atom. The SMILES string of the molecule is O=C(NCC(F)(F)F)C(=Cc1cccnc1)c1ccc(OCc2ccc3ccccc3n2)cc1. The number of ether oxygens (including phenoxy) is 1. The summed E-state index contributed by atoms with van der Waals surface area (Å²) in [5, 5.41) is 2.96. The van der Waals surface area contributed by atoms with Crippen LogP contribution in [0, 0.1) is 0 Å². The van der Waals surface area contributed by atoms with Gasteiger partial charge in [0.15, 0.2) is 0 Å². The summed E-state index contributed by atoms with van der Waals surface area (Å²) in [6.45, 7) is -1.18. The molecule has 0 saturated carbocycles. The molecule has 2 aromatic carbocycles. The third-order valence-electron chi connectivity index (χ3n) is 4.90. The van der Waals surface area contributed by atoms with Crippen molar-refractivity contribution in [3.63, 3.8) is 0 Å². The quantitative estimate of drug-likeness (QED) is 0.372. The van der Waals surface area contributed by atoms with E-state index < -0.39 is 18.6 Å². The topological polar surface area (TPSA) is 64.1 Å². The fraction of sp³-hybridized carbons (Fsp3) is 0.115. The van der Waals surface area contributed by atoms with Crippen LogP contribution in [0.3, 0.4) is 0 Å². The Balaban J connectivity index is 1.50. The zero-order valence-corrected chi connectivity index (χ0v) is 17.9. The number of hydrogen-bond donors (Lipinski definition) is 1. The van der Waals surface area contributed by atoms with Gasteiger partial charge in [0.25, 0.3) is 5.91 Å². The number of halogens is 3. The number of alkyl halides is 3. The minimum absolute atomic E-state index is 0.0833. The molecule has 4 rings (SSSR count). The first-order valence-corrected chi connectivity index (χ1v) is 10.4. The zero-order valence-electron chi connectivity index (χ0n) is 17.9. The first-order valence-electron chi connectivity index (χ1n) is 10.4. The average Bonchev–Trinajstić information content (AvgIpc) is 2.85. The molecule has 0 aliphatic carbocycles. The van der Waals surface area contributed by atoms with E-state index in [1.54, 1.807) is 42.6 Å². The van der Waals surface area contributed by atoms with Crippen molar-refractivity contribution in [1.29, 1.82) is 0 Å². The van der Waals surface area contributed by atoms with Crippen molar-refractivity contribution in [3.8, 4) is 5.75 Å². The lowest BCUT2D eigenvalue weighted by atomic mass is 10.0. The first kappa shape index (κ1) is 23.0. The van der Waals surface area contributed by atoms with Gasteiger partial charge < -0.3 is 10.1 Å². The van der Waals surface area contributed by atoms with Gasteiger partial charge in [0.1, 0.15) is 18.9 Å². The van der Waals surface area contributed by atoms with E-state index in [1.165, 1.54) is 12.3 Å². The molecule has 2 heterocycles. The predicted molar refractivity (Wildman–Crippen MR) is 124 cm³/mol. The van der Waals surface area contributed by atoms with Gasteiger partial charge in [-0.25, -0.2) is 4.98 Å². The number of aromatic nitrogens is 2. The maximum atomic E-state index is 12.6. The summed E-state index contributed by atoms with van der Waals surface area (Å²) in [5.74, 6) is -0.301. The second kappa shape index (κ2) is 10.2. The van der Waals surface area contributed by atoms with Crippen molar-refractivity contribution < 1.29 is 22.7 Å². The third kappa shape index (κ3) is 6.19. The van der Waals surface area contributed by atoms with Crippen LogP contribution < -0.4 is 10.1 Å². The van der Waals surface area contributed by atoms with Crippen LogP contribution in [0.1, 0.15) is 16.8 Å². The Kier molecular flexibility index (Phi) is 6.87. The van der Waals surface area contributed by atoms with Crippen LogP contribution >= 0.6 is 0 Å². The zero-order chi connectivity index (χ0) is 24.0. The molecule has 1 amide bonds. The lowest BCUT2D eigenvalue weighted by Gasteiger charge is -2.12. The standard InChI is InChI=1S/C26H20F3N3O2/c27-26(28,29)17-31-25(33)23(14-18-4-3-13-30-15-18)19-8-11-22(12-9-19)34-16-21-10-7-20-5-1-2-6-24(20)32-21/h1-15H,16-17H2,(H,31,33). The smallest absolute Gasteiger partial charge is 0.405 e. The molecule has 0 aliphatic rings. The number of benzene rings is 2. The minimum Gasteiger partial charge on any atom is -0.487 e. The molecule has 1 N–H and O–H groups in total. The fourth-order valence-corrected chi connectivity index (χ4v) is 3.26. The van der Waals surface area contributed by atoms with Crippen molar-refractivity contribution in [2.75, 3.05) is 6.54 Å². The highest BCUT2D eigenvalue weighted by Crippen LogP contribution is 2.23. The maximum absolute atomic E-state index is 12.6. The van der Waals surface area contributed by atoms with Crippen LogP contribution in [0.5, 0.6) is 5.75 Å². The fourth-order valence-electron chi connectivity index (χ4n) is 3.26. The number of para-hydroxylation sites is 1.